The van der Waals surface area contributed by atoms with Crippen molar-refractivity contribution in [2.24, 2.45) is 0 Å². The highest BCUT2D eigenvalue weighted by Crippen LogP contribution is 2.14. The predicted octanol–water partition coefficient (Wildman–Crippen LogP) is 2.31. The van der Waals surface area contributed by atoms with Gasteiger partial charge in [0.2, 0.25) is 0 Å². The van der Waals surface area contributed by atoms with E-state index in [1.807, 2.05) is 18.9 Å². The third kappa shape index (κ3) is 4.89. The molecule has 0 aliphatic carbocycles. The maximum absolute atomic E-state index is 11.1. The summed E-state index contributed by atoms with van der Waals surface area (Å²) >= 11 is 1.78. The molecule has 0 saturated carbocycles. The van der Waals surface area contributed by atoms with Crippen LogP contribution in [0.1, 0.15) is 33.1 Å². The van der Waals surface area contributed by atoms with E-state index in [1.54, 1.807) is 11.8 Å². The van der Waals surface area contributed by atoms with E-state index in [0.29, 0.717) is 6.04 Å². The molecule has 0 aromatic rings. The lowest BCUT2D eigenvalue weighted by molar-refractivity contribution is -0.143. The van der Waals surface area contributed by atoms with Crippen LogP contribution in [0.5, 0.6) is 0 Å². The van der Waals surface area contributed by atoms with Crippen LogP contribution in [0.4, 0.5) is 0 Å². The summed E-state index contributed by atoms with van der Waals surface area (Å²) in [6, 6.07) is 0.0414. The van der Waals surface area contributed by atoms with Gasteiger partial charge in [0.25, 0.3) is 0 Å². The molecule has 0 radical (unpaired) electrons. The lowest BCUT2D eigenvalue weighted by Gasteiger charge is -2.31. The molecule has 0 aromatic heterocycles. The number of aliphatic carboxylic acids is 1. The highest BCUT2D eigenvalue weighted by Gasteiger charge is 2.26. The van der Waals surface area contributed by atoms with Gasteiger partial charge in [-0.2, -0.15) is 11.8 Å². The number of nitrogens with zero attached hydrogens (tertiary/aromatic N) is 1. The minimum Gasteiger partial charge on any atom is -0.480 e. The number of likely N-dealkylation sites (N-methyl/N-ethyl adjacent to an activating group) is 1. The van der Waals surface area contributed by atoms with Crippen LogP contribution < -0.4 is 0 Å². The second kappa shape index (κ2) is 7.99. The smallest absolute Gasteiger partial charge is 0.320 e. The summed E-state index contributed by atoms with van der Waals surface area (Å²) in [4.78, 5) is 13.1. The van der Waals surface area contributed by atoms with Gasteiger partial charge in [0.15, 0.2) is 0 Å². The monoisotopic (exact) mass is 233 g/mol. The van der Waals surface area contributed by atoms with Crippen molar-refractivity contribution in [1.29, 1.82) is 0 Å². The second-order valence-corrected chi connectivity index (χ2v) is 4.74. The van der Waals surface area contributed by atoms with Crippen LogP contribution in [0, 0.1) is 0 Å². The first-order valence-electron chi connectivity index (χ1n) is 5.52. The SMILES string of the molecule is CCCC(C(=O)O)N(C)C(CC)CSC. The molecule has 0 rings (SSSR count). The Bertz CT molecular complexity index is 187. The molecular weight excluding hydrogens is 210 g/mol. The average molecular weight is 233 g/mol. The lowest BCUT2D eigenvalue weighted by atomic mass is 10.1. The van der Waals surface area contributed by atoms with Crippen LogP contribution in [0.3, 0.4) is 0 Å². The van der Waals surface area contributed by atoms with Crippen molar-refractivity contribution >= 4 is 17.7 Å². The number of thioether (sulfide) groups is 1. The Hall–Kier alpha value is -0.220. The van der Waals surface area contributed by atoms with Crippen LogP contribution in [-0.2, 0) is 4.79 Å². The Balaban J connectivity index is 4.43. The molecule has 1 N–H and O–H groups in total. The van der Waals surface area contributed by atoms with Gasteiger partial charge in [-0.3, -0.25) is 9.69 Å². The quantitative estimate of drug-likeness (QED) is 0.698. The van der Waals surface area contributed by atoms with Gasteiger partial charge >= 0.3 is 5.97 Å². The first kappa shape index (κ1) is 14.8. The molecular formula is C11H23NO2S. The molecule has 2 unspecified atom stereocenters. The Labute approximate surface area is 97.2 Å². The van der Waals surface area contributed by atoms with Crippen LogP contribution in [-0.4, -0.2) is 47.1 Å². The molecule has 15 heavy (non-hydrogen) atoms. The lowest BCUT2D eigenvalue weighted by Crippen LogP contribution is -2.45. The van der Waals surface area contributed by atoms with Gasteiger partial charge in [-0.25, -0.2) is 0 Å². The molecule has 0 aromatic carbocycles. The zero-order chi connectivity index (χ0) is 11.8. The second-order valence-electron chi connectivity index (χ2n) is 3.83. The van der Waals surface area contributed by atoms with Crippen molar-refractivity contribution in [3.8, 4) is 0 Å². The van der Waals surface area contributed by atoms with Crippen molar-refractivity contribution in [1.82, 2.24) is 4.90 Å². The molecule has 0 aliphatic rings. The zero-order valence-corrected chi connectivity index (χ0v) is 11.0. The highest BCUT2D eigenvalue weighted by molar-refractivity contribution is 7.98. The third-order valence-corrected chi connectivity index (χ3v) is 3.46. The van der Waals surface area contributed by atoms with Crippen LogP contribution in [0.15, 0.2) is 0 Å². The van der Waals surface area contributed by atoms with Crippen molar-refractivity contribution in [2.45, 2.75) is 45.2 Å². The van der Waals surface area contributed by atoms with Crippen LogP contribution in [0.2, 0.25) is 0 Å². The Kier molecular flexibility index (Phi) is 7.88. The first-order chi connectivity index (χ1) is 7.08. The summed E-state index contributed by atoms with van der Waals surface area (Å²) in [6.45, 7) is 4.14. The number of carboxylic acid groups (broad SMARTS) is 1. The fourth-order valence-corrected chi connectivity index (χ4v) is 2.60. The van der Waals surface area contributed by atoms with E-state index >= 15 is 0 Å². The number of carbonyl (C=O) groups is 1. The topological polar surface area (TPSA) is 40.5 Å². The molecule has 2 atom stereocenters. The van der Waals surface area contributed by atoms with Gasteiger partial charge in [0, 0.05) is 11.8 Å². The van der Waals surface area contributed by atoms with E-state index in [1.165, 1.54) is 0 Å². The summed E-state index contributed by atoms with van der Waals surface area (Å²) in [7, 11) is 1.93. The van der Waals surface area contributed by atoms with E-state index in [4.69, 9.17) is 5.11 Å². The molecule has 0 fully saturated rings. The standard InChI is InChI=1S/C11H23NO2S/c1-5-7-10(11(13)14)12(3)9(6-2)8-15-4/h9-10H,5-8H2,1-4H3,(H,13,14). The minimum absolute atomic E-state index is 0.327. The van der Waals surface area contributed by atoms with Gasteiger partial charge in [0.1, 0.15) is 6.04 Å². The van der Waals surface area contributed by atoms with Gasteiger partial charge < -0.3 is 5.11 Å². The molecule has 0 amide bonds. The molecule has 4 heteroatoms. The molecule has 3 nitrogen and oxygen atoms in total. The summed E-state index contributed by atoms with van der Waals surface area (Å²) < 4.78 is 0. The molecule has 0 spiro atoms. The maximum Gasteiger partial charge on any atom is 0.320 e. The Morgan fingerprint density at radius 3 is 2.40 bits per heavy atom. The fourth-order valence-electron chi connectivity index (χ4n) is 1.75. The van der Waals surface area contributed by atoms with Crippen molar-refractivity contribution < 1.29 is 9.90 Å². The zero-order valence-electron chi connectivity index (χ0n) is 10.2. The van der Waals surface area contributed by atoms with Crippen LogP contribution >= 0.6 is 11.8 Å². The van der Waals surface area contributed by atoms with Gasteiger partial charge in [-0.1, -0.05) is 20.3 Å². The molecule has 0 bridgehead atoms. The normalized spacial score (nSPS) is 15.3. The molecule has 90 valence electrons. The van der Waals surface area contributed by atoms with E-state index in [9.17, 15) is 4.79 Å². The predicted molar refractivity (Wildman–Crippen MR) is 66.6 cm³/mol. The average Bonchev–Trinajstić information content (AvgIpc) is 2.21. The van der Waals surface area contributed by atoms with Crippen molar-refractivity contribution in [3.63, 3.8) is 0 Å². The van der Waals surface area contributed by atoms with E-state index in [-0.39, 0.29) is 6.04 Å². The molecule has 0 heterocycles. The van der Waals surface area contributed by atoms with Crippen LogP contribution in [0.25, 0.3) is 0 Å². The third-order valence-electron chi connectivity index (χ3n) is 2.75. The number of hydrogen-bond acceptors (Lipinski definition) is 3. The van der Waals surface area contributed by atoms with E-state index < -0.39 is 5.97 Å². The summed E-state index contributed by atoms with van der Waals surface area (Å²) in [5.74, 6) is 0.305. The fraction of sp³-hybridized carbons (Fsp3) is 0.909. The van der Waals surface area contributed by atoms with Crippen molar-refractivity contribution in [2.75, 3.05) is 19.1 Å². The molecule has 0 aliphatic heterocycles. The number of hydrogen-bond donors (Lipinski definition) is 1. The van der Waals surface area contributed by atoms with E-state index in [2.05, 4.69) is 13.2 Å². The number of carboxylic acids is 1. The molecule has 0 saturated heterocycles. The minimum atomic E-state index is -0.695. The number of rotatable bonds is 8. The summed E-state index contributed by atoms with van der Waals surface area (Å²) in [5.41, 5.74) is 0. The van der Waals surface area contributed by atoms with Gasteiger partial charge in [0.05, 0.1) is 0 Å². The first-order valence-corrected chi connectivity index (χ1v) is 6.91. The Morgan fingerprint density at radius 2 is 2.07 bits per heavy atom. The Morgan fingerprint density at radius 1 is 1.47 bits per heavy atom. The maximum atomic E-state index is 11.1. The highest BCUT2D eigenvalue weighted by atomic mass is 32.2. The summed E-state index contributed by atoms with van der Waals surface area (Å²) in [5, 5.41) is 9.14. The van der Waals surface area contributed by atoms with Gasteiger partial charge in [-0.15, -0.1) is 0 Å². The largest absolute Gasteiger partial charge is 0.480 e. The van der Waals surface area contributed by atoms with E-state index in [0.717, 1.165) is 25.0 Å². The summed E-state index contributed by atoms with van der Waals surface area (Å²) in [6.07, 6.45) is 4.71. The van der Waals surface area contributed by atoms with Crippen molar-refractivity contribution in [3.05, 3.63) is 0 Å². The van der Waals surface area contributed by atoms with Gasteiger partial charge in [-0.05, 0) is 26.1 Å².